The van der Waals surface area contributed by atoms with E-state index in [0.29, 0.717) is 5.56 Å². The van der Waals surface area contributed by atoms with Crippen LogP contribution in [0.3, 0.4) is 0 Å². The summed E-state index contributed by atoms with van der Waals surface area (Å²) in [6.07, 6.45) is 0. The summed E-state index contributed by atoms with van der Waals surface area (Å²) in [6, 6.07) is 8.41. The van der Waals surface area contributed by atoms with Crippen LogP contribution in [0.15, 0.2) is 45.6 Å². The highest BCUT2D eigenvalue weighted by molar-refractivity contribution is 5.87. The number of phenolic OH excluding ortho intramolecular Hbond substituents is 1. The van der Waals surface area contributed by atoms with Crippen molar-refractivity contribution in [3.8, 4) is 28.6 Å². The van der Waals surface area contributed by atoms with E-state index in [0.717, 1.165) is 0 Å². The molecular formula is C16H12O6. The lowest BCUT2D eigenvalue weighted by molar-refractivity contribution is 0.269. The Hall–Kier alpha value is -2.99. The van der Waals surface area contributed by atoms with Crippen molar-refractivity contribution in [3.63, 3.8) is 0 Å². The molecule has 0 spiro atoms. The summed E-state index contributed by atoms with van der Waals surface area (Å²) >= 11 is 0. The second-order valence-electron chi connectivity index (χ2n) is 4.78. The Bertz CT molecular complexity index is 909. The molecule has 0 aliphatic heterocycles. The molecule has 3 rings (SSSR count). The van der Waals surface area contributed by atoms with Gasteiger partial charge in [-0.15, -0.1) is 0 Å². The van der Waals surface area contributed by atoms with Gasteiger partial charge >= 0.3 is 0 Å². The number of rotatable bonds is 2. The number of hydrogen-bond donors (Lipinski definition) is 4. The Morgan fingerprint density at radius 3 is 2.32 bits per heavy atom. The highest BCUT2D eigenvalue weighted by Gasteiger charge is 2.17. The van der Waals surface area contributed by atoms with Gasteiger partial charge in [0, 0.05) is 17.7 Å². The summed E-state index contributed by atoms with van der Waals surface area (Å²) < 4.78 is 5.55. The first-order valence-electron chi connectivity index (χ1n) is 6.43. The Kier molecular flexibility index (Phi) is 3.23. The minimum absolute atomic E-state index is 0.00257. The lowest BCUT2D eigenvalue weighted by Crippen LogP contribution is -2.02. The molecule has 22 heavy (non-hydrogen) atoms. The number of benzene rings is 2. The first kappa shape index (κ1) is 14.0. The standard InChI is InChI=1S/C16H12O6/c17-7-10-11(19)5-14-15(16(10)21)12(20)6-13(22-14)8-1-3-9(18)4-2-8/h1-6,17-19,21H,7H2. The molecule has 0 atom stereocenters. The summed E-state index contributed by atoms with van der Waals surface area (Å²) in [4.78, 5) is 12.2. The SMILES string of the molecule is O=c1cc(-c2ccc(O)cc2)oc2cc(O)c(CO)c(O)c12. The van der Waals surface area contributed by atoms with Crippen LogP contribution in [0.25, 0.3) is 22.3 Å². The molecule has 0 unspecified atom stereocenters. The molecule has 0 saturated carbocycles. The van der Waals surface area contributed by atoms with Gasteiger partial charge in [-0.1, -0.05) is 0 Å². The van der Waals surface area contributed by atoms with Crippen LogP contribution in [-0.4, -0.2) is 20.4 Å². The first-order valence-corrected chi connectivity index (χ1v) is 6.43. The van der Waals surface area contributed by atoms with Gasteiger partial charge in [0.2, 0.25) is 0 Å². The Labute approximate surface area is 124 Å². The van der Waals surface area contributed by atoms with Gasteiger partial charge in [-0.05, 0) is 24.3 Å². The van der Waals surface area contributed by atoms with E-state index in [1.807, 2.05) is 0 Å². The van der Waals surface area contributed by atoms with Crippen molar-refractivity contribution in [1.29, 1.82) is 0 Å². The van der Waals surface area contributed by atoms with E-state index in [4.69, 9.17) is 9.52 Å². The van der Waals surface area contributed by atoms with Crippen molar-refractivity contribution in [2.75, 3.05) is 0 Å². The largest absolute Gasteiger partial charge is 0.508 e. The van der Waals surface area contributed by atoms with Gasteiger partial charge in [-0.3, -0.25) is 4.79 Å². The molecule has 0 bridgehead atoms. The number of aliphatic hydroxyl groups is 1. The van der Waals surface area contributed by atoms with Gasteiger partial charge < -0.3 is 24.8 Å². The molecule has 2 aromatic carbocycles. The molecule has 0 saturated heterocycles. The monoisotopic (exact) mass is 300 g/mol. The predicted molar refractivity (Wildman–Crippen MR) is 78.8 cm³/mol. The molecular weight excluding hydrogens is 288 g/mol. The fraction of sp³-hybridized carbons (Fsp3) is 0.0625. The topological polar surface area (TPSA) is 111 Å². The summed E-state index contributed by atoms with van der Waals surface area (Å²) in [5.74, 6) is -0.551. The van der Waals surface area contributed by atoms with Crippen molar-refractivity contribution in [2.24, 2.45) is 0 Å². The van der Waals surface area contributed by atoms with Crippen LogP contribution in [0.1, 0.15) is 5.56 Å². The second kappa shape index (κ2) is 5.09. The van der Waals surface area contributed by atoms with E-state index >= 15 is 0 Å². The smallest absolute Gasteiger partial charge is 0.197 e. The third-order valence-electron chi connectivity index (χ3n) is 3.38. The normalized spacial score (nSPS) is 11.0. The highest BCUT2D eigenvalue weighted by Crippen LogP contribution is 2.35. The maximum absolute atomic E-state index is 12.2. The zero-order valence-corrected chi connectivity index (χ0v) is 11.3. The second-order valence-corrected chi connectivity index (χ2v) is 4.78. The number of fused-ring (bicyclic) bond motifs is 1. The molecule has 1 aromatic heterocycles. The molecule has 0 aliphatic rings. The van der Waals surface area contributed by atoms with Crippen molar-refractivity contribution in [3.05, 3.63) is 52.2 Å². The Morgan fingerprint density at radius 1 is 1.00 bits per heavy atom. The zero-order chi connectivity index (χ0) is 15.9. The number of aliphatic hydroxyl groups excluding tert-OH is 1. The molecule has 0 fully saturated rings. The van der Waals surface area contributed by atoms with Gasteiger partial charge in [0.1, 0.15) is 34.0 Å². The van der Waals surface area contributed by atoms with E-state index in [-0.39, 0.29) is 33.8 Å². The predicted octanol–water partition coefficient (Wildman–Crippen LogP) is 2.07. The van der Waals surface area contributed by atoms with E-state index in [9.17, 15) is 20.1 Å². The van der Waals surface area contributed by atoms with Crippen LogP contribution in [-0.2, 0) is 6.61 Å². The van der Waals surface area contributed by atoms with Crippen molar-refractivity contribution in [2.45, 2.75) is 6.61 Å². The number of phenols is 3. The molecule has 6 heteroatoms. The molecule has 0 radical (unpaired) electrons. The highest BCUT2D eigenvalue weighted by atomic mass is 16.3. The summed E-state index contributed by atoms with van der Waals surface area (Å²) in [6.45, 7) is -0.604. The lowest BCUT2D eigenvalue weighted by atomic mass is 10.1. The number of aromatic hydroxyl groups is 3. The van der Waals surface area contributed by atoms with Gasteiger partial charge in [-0.2, -0.15) is 0 Å². The van der Waals surface area contributed by atoms with Gasteiger partial charge in [0.05, 0.1) is 12.2 Å². The molecule has 1 heterocycles. The fourth-order valence-electron chi connectivity index (χ4n) is 2.25. The van der Waals surface area contributed by atoms with Gasteiger partial charge in [0.25, 0.3) is 0 Å². The Balaban J connectivity index is 2.29. The van der Waals surface area contributed by atoms with Gasteiger partial charge in [-0.25, -0.2) is 0 Å². The zero-order valence-electron chi connectivity index (χ0n) is 11.3. The van der Waals surface area contributed by atoms with E-state index in [1.165, 1.54) is 24.3 Å². The van der Waals surface area contributed by atoms with E-state index < -0.39 is 17.8 Å². The van der Waals surface area contributed by atoms with Crippen molar-refractivity contribution >= 4 is 11.0 Å². The van der Waals surface area contributed by atoms with Crippen LogP contribution in [0.2, 0.25) is 0 Å². The molecule has 0 amide bonds. The summed E-state index contributed by atoms with van der Waals surface area (Å²) in [5, 5.41) is 38.1. The number of hydrogen-bond acceptors (Lipinski definition) is 6. The summed E-state index contributed by atoms with van der Waals surface area (Å²) in [7, 11) is 0. The van der Waals surface area contributed by atoms with E-state index in [2.05, 4.69) is 0 Å². The van der Waals surface area contributed by atoms with Gasteiger partial charge in [0.15, 0.2) is 5.43 Å². The third kappa shape index (κ3) is 2.15. The van der Waals surface area contributed by atoms with E-state index in [1.54, 1.807) is 12.1 Å². The fourth-order valence-corrected chi connectivity index (χ4v) is 2.25. The molecule has 0 aliphatic carbocycles. The maximum atomic E-state index is 12.2. The average molecular weight is 300 g/mol. The van der Waals surface area contributed by atoms with Crippen molar-refractivity contribution in [1.82, 2.24) is 0 Å². The minimum Gasteiger partial charge on any atom is -0.508 e. The molecule has 112 valence electrons. The average Bonchev–Trinajstić information content (AvgIpc) is 2.47. The van der Waals surface area contributed by atoms with Crippen LogP contribution < -0.4 is 5.43 Å². The lowest BCUT2D eigenvalue weighted by Gasteiger charge is -2.09. The van der Waals surface area contributed by atoms with Crippen molar-refractivity contribution < 1.29 is 24.8 Å². The van der Waals surface area contributed by atoms with Crippen LogP contribution in [0.4, 0.5) is 0 Å². The third-order valence-corrected chi connectivity index (χ3v) is 3.38. The molecule has 3 aromatic rings. The molecule has 6 nitrogen and oxygen atoms in total. The van der Waals surface area contributed by atoms with Crippen LogP contribution in [0.5, 0.6) is 17.2 Å². The maximum Gasteiger partial charge on any atom is 0.197 e. The molecule has 4 N–H and O–H groups in total. The minimum atomic E-state index is -0.604. The first-order chi connectivity index (χ1) is 10.5. The quantitative estimate of drug-likeness (QED) is 0.576. The Morgan fingerprint density at radius 2 is 1.68 bits per heavy atom. The van der Waals surface area contributed by atoms with Crippen LogP contribution in [0, 0.1) is 0 Å². The van der Waals surface area contributed by atoms with Crippen LogP contribution >= 0.6 is 0 Å². The summed E-state index contributed by atoms with van der Waals surface area (Å²) in [5.41, 5.74) is -0.0708.